The summed E-state index contributed by atoms with van der Waals surface area (Å²) in [6, 6.07) is 27.6. The van der Waals surface area contributed by atoms with Crippen molar-refractivity contribution in [1.29, 1.82) is 0 Å². The van der Waals surface area contributed by atoms with Crippen LogP contribution in [0.1, 0.15) is 17.2 Å². The molecule has 3 aromatic rings. The lowest BCUT2D eigenvalue weighted by Gasteiger charge is -2.32. The summed E-state index contributed by atoms with van der Waals surface area (Å²) in [5, 5.41) is 3.07. The maximum Gasteiger partial charge on any atom is 0.261 e. The Bertz CT molecular complexity index is 1070. The summed E-state index contributed by atoms with van der Waals surface area (Å²) in [6.45, 7) is 4.48. The van der Waals surface area contributed by atoms with Crippen LogP contribution in [0.25, 0.3) is 0 Å². The van der Waals surface area contributed by atoms with E-state index in [9.17, 15) is 9.59 Å². The largest absolute Gasteiger partial charge is 0.484 e. The van der Waals surface area contributed by atoms with Crippen LogP contribution in [0.2, 0.25) is 0 Å². The Morgan fingerprint density at radius 1 is 0.889 bits per heavy atom. The third kappa shape index (κ3) is 7.41. The van der Waals surface area contributed by atoms with E-state index in [4.69, 9.17) is 9.47 Å². The van der Waals surface area contributed by atoms with Crippen LogP contribution in [-0.4, -0.2) is 67.6 Å². The summed E-state index contributed by atoms with van der Waals surface area (Å²) in [7, 11) is 0. The molecule has 0 spiro atoms. The number of nitrogens with one attached hydrogen (secondary N) is 1. The van der Waals surface area contributed by atoms with Gasteiger partial charge < -0.3 is 19.7 Å². The monoisotopic (exact) mass is 487 g/mol. The van der Waals surface area contributed by atoms with Crippen molar-refractivity contribution in [1.82, 2.24) is 15.1 Å². The Balaban J connectivity index is 1.53. The molecular formula is C29H33N3O4. The predicted molar refractivity (Wildman–Crippen MR) is 138 cm³/mol. The Labute approximate surface area is 212 Å². The molecule has 0 aromatic heterocycles. The van der Waals surface area contributed by atoms with Gasteiger partial charge in [0.15, 0.2) is 6.61 Å². The van der Waals surface area contributed by atoms with Crippen LogP contribution in [-0.2, 0) is 20.9 Å². The molecule has 188 valence electrons. The highest BCUT2D eigenvalue weighted by Gasteiger charge is 2.31. The third-order valence-corrected chi connectivity index (χ3v) is 6.13. The van der Waals surface area contributed by atoms with Gasteiger partial charge in [-0.2, -0.15) is 0 Å². The lowest BCUT2D eigenvalue weighted by atomic mass is 10.0. The van der Waals surface area contributed by atoms with Crippen molar-refractivity contribution in [3.63, 3.8) is 0 Å². The lowest BCUT2D eigenvalue weighted by Crippen LogP contribution is -2.47. The summed E-state index contributed by atoms with van der Waals surface area (Å²) in [5.41, 5.74) is 1.69. The lowest BCUT2D eigenvalue weighted by molar-refractivity contribution is -0.143. The van der Waals surface area contributed by atoms with E-state index in [1.807, 2.05) is 91.0 Å². The van der Waals surface area contributed by atoms with E-state index < -0.39 is 6.04 Å². The number of carbonyl (C=O) groups is 2. The molecule has 3 aromatic carbocycles. The average Bonchev–Trinajstić information content (AvgIpc) is 2.94. The molecule has 0 bridgehead atoms. The van der Waals surface area contributed by atoms with E-state index in [1.54, 1.807) is 4.90 Å². The maximum atomic E-state index is 13.6. The molecule has 0 unspecified atom stereocenters. The van der Waals surface area contributed by atoms with Crippen LogP contribution in [0.4, 0.5) is 0 Å². The van der Waals surface area contributed by atoms with Crippen molar-refractivity contribution in [3.05, 3.63) is 102 Å². The third-order valence-electron chi connectivity index (χ3n) is 6.13. The summed E-state index contributed by atoms with van der Waals surface area (Å²) in [6.07, 6.45) is 0. The van der Waals surface area contributed by atoms with Crippen LogP contribution >= 0.6 is 0 Å². The normalized spacial score (nSPS) is 14.6. The second-order valence-corrected chi connectivity index (χ2v) is 8.67. The Hall–Kier alpha value is -3.68. The molecule has 1 heterocycles. The number of morpholine rings is 1. The molecule has 1 fully saturated rings. The molecule has 1 aliphatic heterocycles. The van der Waals surface area contributed by atoms with Gasteiger partial charge in [-0.25, -0.2) is 0 Å². The summed E-state index contributed by atoms with van der Waals surface area (Å²) in [4.78, 5) is 31.0. The molecular weight excluding hydrogens is 454 g/mol. The van der Waals surface area contributed by atoms with Gasteiger partial charge in [-0.05, 0) is 23.3 Å². The first-order valence-corrected chi connectivity index (χ1v) is 12.3. The molecule has 2 amide bonds. The van der Waals surface area contributed by atoms with Crippen molar-refractivity contribution < 1.29 is 19.1 Å². The number of para-hydroxylation sites is 1. The molecule has 36 heavy (non-hydrogen) atoms. The fourth-order valence-electron chi connectivity index (χ4n) is 4.22. The van der Waals surface area contributed by atoms with Crippen molar-refractivity contribution in [2.24, 2.45) is 0 Å². The predicted octanol–water partition coefficient (Wildman–Crippen LogP) is 3.28. The van der Waals surface area contributed by atoms with E-state index in [0.717, 1.165) is 30.8 Å². The maximum absolute atomic E-state index is 13.6. The van der Waals surface area contributed by atoms with Gasteiger partial charge in [0.2, 0.25) is 5.91 Å². The van der Waals surface area contributed by atoms with Gasteiger partial charge >= 0.3 is 0 Å². The zero-order chi connectivity index (χ0) is 25.0. The van der Waals surface area contributed by atoms with Gasteiger partial charge in [-0.1, -0.05) is 78.9 Å². The first-order chi connectivity index (χ1) is 17.7. The van der Waals surface area contributed by atoms with Crippen LogP contribution in [0.5, 0.6) is 5.75 Å². The van der Waals surface area contributed by atoms with Crippen molar-refractivity contribution in [2.45, 2.75) is 12.6 Å². The summed E-state index contributed by atoms with van der Waals surface area (Å²) >= 11 is 0. The number of hydrogen-bond acceptors (Lipinski definition) is 5. The summed E-state index contributed by atoms with van der Waals surface area (Å²) in [5.74, 6) is 0.134. The molecule has 1 aliphatic rings. The Morgan fingerprint density at radius 3 is 2.17 bits per heavy atom. The van der Waals surface area contributed by atoms with Gasteiger partial charge in [0.1, 0.15) is 11.8 Å². The standard InChI is InChI=1S/C29H33N3O4/c33-27(23-36-26-14-8-3-9-15-26)32(22-24-10-4-1-5-11-24)28(25-12-6-2-7-13-25)29(34)30-16-17-31-18-20-35-21-19-31/h1-15,28H,16-23H2,(H,30,34)/t28-/m1/s1. The highest BCUT2D eigenvalue weighted by atomic mass is 16.5. The van der Waals surface area contributed by atoms with E-state index in [0.29, 0.717) is 25.5 Å². The highest BCUT2D eigenvalue weighted by molar-refractivity contribution is 5.89. The number of ether oxygens (including phenoxy) is 2. The van der Waals surface area contributed by atoms with Crippen molar-refractivity contribution in [3.8, 4) is 5.75 Å². The molecule has 7 nitrogen and oxygen atoms in total. The fraction of sp³-hybridized carbons (Fsp3) is 0.310. The highest BCUT2D eigenvalue weighted by Crippen LogP contribution is 2.24. The van der Waals surface area contributed by atoms with E-state index in [1.165, 1.54) is 0 Å². The van der Waals surface area contributed by atoms with E-state index in [-0.39, 0.29) is 25.0 Å². The van der Waals surface area contributed by atoms with Crippen molar-refractivity contribution >= 4 is 11.8 Å². The van der Waals surface area contributed by atoms with Gasteiger partial charge in [-0.3, -0.25) is 14.5 Å². The number of amides is 2. The molecule has 7 heteroatoms. The van der Waals surface area contributed by atoms with Crippen LogP contribution in [0.3, 0.4) is 0 Å². The second-order valence-electron chi connectivity index (χ2n) is 8.67. The molecule has 0 radical (unpaired) electrons. The smallest absolute Gasteiger partial charge is 0.261 e. The minimum atomic E-state index is -0.789. The Morgan fingerprint density at radius 2 is 1.50 bits per heavy atom. The number of carbonyl (C=O) groups excluding carboxylic acids is 2. The van der Waals surface area contributed by atoms with Crippen LogP contribution in [0.15, 0.2) is 91.0 Å². The molecule has 1 saturated heterocycles. The molecule has 0 saturated carbocycles. The fourth-order valence-corrected chi connectivity index (χ4v) is 4.22. The average molecular weight is 488 g/mol. The van der Waals surface area contributed by atoms with E-state index in [2.05, 4.69) is 10.2 Å². The van der Waals surface area contributed by atoms with Gasteiger partial charge in [0.25, 0.3) is 5.91 Å². The molecule has 4 rings (SSSR count). The first kappa shape index (κ1) is 25.4. The van der Waals surface area contributed by atoms with Crippen LogP contribution in [0, 0.1) is 0 Å². The first-order valence-electron chi connectivity index (χ1n) is 12.3. The number of rotatable bonds is 11. The number of hydrogen-bond donors (Lipinski definition) is 1. The minimum absolute atomic E-state index is 0.165. The summed E-state index contributed by atoms with van der Waals surface area (Å²) < 4.78 is 11.2. The Kier molecular flexibility index (Phi) is 9.47. The van der Waals surface area contributed by atoms with Crippen LogP contribution < -0.4 is 10.1 Å². The van der Waals surface area contributed by atoms with Gasteiger partial charge in [0.05, 0.1) is 13.2 Å². The quantitative estimate of drug-likeness (QED) is 0.450. The van der Waals surface area contributed by atoms with Crippen molar-refractivity contribution in [2.75, 3.05) is 46.0 Å². The van der Waals surface area contributed by atoms with E-state index >= 15 is 0 Å². The van der Waals surface area contributed by atoms with Gasteiger partial charge in [-0.15, -0.1) is 0 Å². The minimum Gasteiger partial charge on any atom is -0.484 e. The topological polar surface area (TPSA) is 71.1 Å². The zero-order valence-corrected chi connectivity index (χ0v) is 20.4. The molecule has 0 aliphatic carbocycles. The number of nitrogens with zero attached hydrogens (tertiary/aromatic N) is 2. The SMILES string of the molecule is O=C(NCCN1CCOCC1)[C@@H](c1ccccc1)N(Cc1ccccc1)C(=O)COc1ccccc1. The second kappa shape index (κ2) is 13.4. The number of benzene rings is 3. The molecule has 1 N–H and O–H groups in total. The van der Waals surface area contributed by atoms with Gasteiger partial charge in [0, 0.05) is 32.7 Å². The zero-order valence-electron chi connectivity index (χ0n) is 20.4. The molecule has 1 atom stereocenters.